The number of hydrogen-bond donors (Lipinski definition) is 1. The van der Waals surface area contributed by atoms with E-state index in [0.717, 1.165) is 11.6 Å². The van der Waals surface area contributed by atoms with E-state index < -0.39 is 24.3 Å². The van der Waals surface area contributed by atoms with E-state index in [1.807, 2.05) is 10.8 Å². The lowest BCUT2D eigenvalue weighted by atomic mass is 10.2. The van der Waals surface area contributed by atoms with E-state index in [-0.39, 0.29) is 17.1 Å². The molecule has 4 nitrogen and oxygen atoms in total. The Labute approximate surface area is 129 Å². The molecule has 1 aromatic heterocycles. The first kappa shape index (κ1) is 15.5. The van der Waals surface area contributed by atoms with Crippen LogP contribution in [0.5, 0.6) is 0 Å². The molecular formula is C14H11ClFNO3S. The lowest BCUT2D eigenvalue weighted by molar-refractivity contribution is -0.146. The third kappa shape index (κ3) is 4.84. The third-order valence-electron chi connectivity index (χ3n) is 2.50. The molecule has 0 bridgehead atoms. The monoisotopic (exact) mass is 327 g/mol. The summed E-state index contributed by atoms with van der Waals surface area (Å²) in [5, 5.41) is 6.26. The van der Waals surface area contributed by atoms with Crippen molar-refractivity contribution >= 4 is 40.5 Å². The Balaban J connectivity index is 1.82. The second kappa shape index (κ2) is 7.19. The van der Waals surface area contributed by atoms with E-state index in [9.17, 15) is 14.0 Å². The Morgan fingerprint density at radius 3 is 2.86 bits per heavy atom. The van der Waals surface area contributed by atoms with Gasteiger partial charge in [-0.15, -0.1) is 0 Å². The normalized spacial score (nSPS) is 10.2. The molecule has 0 aliphatic rings. The van der Waals surface area contributed by atoms with Crippen molar-refractivity contribution in [3.05, 3.63) is 51.4 Å². The van der Waals surface area contributed by atoms with Crippen molar-refractivity contribution in [1.82, 2.24) is 0 Å². The lowest BCUT2D eigenvalue weighted by Crippen LogP contribution is -2.21. The van der Waals surface area contributed by atoms with Gasteiger partial charge < -0.3 is 10.1 Å². The summed E-state index contributed by atoms with van der Waals surface area (Å²) >= 11 is 7.28. The van der Waals surface area contributed by atoms with Gasteiger partial charge in [-0.3, -0.25) is 9.59 Å². The average molecular weight is 328 g/mol. The van der Waals surface area contributed by atoms with Crippen LogP contribution in [0.2, 0.25) is 5.02 Å². The molecule has 0 saturated heterocycles. The van der Waals surface area contributed by atoms with Crippen molar-refractivity contribution in [2.24, 2.45) is 0 Å². The van der Waals surface area contributed by atoms with E-state index in [0.29, 0.717) is 0 Å². The molecule has 21 heavy (non-hydrogen) atoms. The second-order valence-corrected chi connectivity index (χ2v) is 5.33. The first-order chi connectivity index (χ1) is 10.0. The minimum absolute atomic E-state index is 0.109. The van der Waals surface area contributed by atoms with Gasteiger partial charge in [0.05, 0.1) is 17.1 Å². The lowest BCUT2D eigenvalue weighted by Gasteiger charge is -2.08. The maximum Gasteiger partial charge on any atom is 0.310 e. The Hall–Kier alpha value is -1.92. The highest BCUT2D eigenvalue weighted by molar-refractivity contribution is 7.07. The Kier molecular flexibility index (Phi) is 5.30. The van der Waals surface area contributed by atoms with Gasteiger partial charge in [0.1, 0.15) is 5.82 Å². The van der Waals surface area contributed by atoms with Crippen LogP contribution in [0.1, 0.15) is 5.56 Å². The van der Waals surface area contributed by atoms with Gasteiger partial charge in [0.15, 0.2) is 6.61 Å². The standard InChI is InChI=1S/C14H11ClFNO3S/c15-11-2-1-10(16)6-12(11)17-13(18)7-20-14(19)5-9-3-4-21-8-9/h1-4,6,8H,5,7H2,(H,17,18). The van der Waals surface area contributed by atoms with Gasteiger partial charge in [0.2, 0.25) is 0 Å². The van der Waals surface area contributed by atoms with Crippen molar-refractivity contribution in [2.45, 2.75) is 6.42 Å². The first-order valence-electron chi connectivity index (χ1n) is 5.96. The van der Waals surface area contributed by atoms with E-state index in [1.165, 1.54) is 23.5 Å². The summed E-state index contributed by atoms with van der Waals surface area (Å²) in [6, 6.07) is 5.40. The van der Waals surface area contributed by atoms with Gasteiger partial charge in [-0.25, -0.2) is 4.39 Å². The molecule has 0 atom stereocenters. The number of anilines is 1. The van der Waals surface area contributed by atoms with Crippen molar-refractivity contribution < 1.29 is 18.7 Å². The SMILES string of the molecule is O=C(COC(=O)Cc1ccsc1)Nc1cc(F)ccc1Cl. The number of carbonyl (C=O) groups excluding carboxylic acids is 2. The van der Waals surface area contributed by atoms with E-state index >= 15 is 0 Å². The number of esters is 1. The van der Waals surface area contributed by atoms with Crippen LogP contribution in [0.15, 0.2) is 35.0 Å². The maximum atomic E-state index is 13.0. The highest BCUT2D eigenvalue weighted by Gasteiger charge is 2.11. The van der Waals surface area contributed by atoms with Crippen LogP contribution >= 0.6 is 22.9 Å². The average Bonchev–Trinajstić information content (AvgIpc) is 2.93. The minimum atomic E-state index is -0.582. The molecular weight excluding hydrogens is 317 g/mol. The summed E-state index contributed by atoms with van der Waals surface area (Å²) in [6.45, 7) is -0.449. The highest BCUT2D eigenvalue weighted by atomic mass is 35.5. The summed E-state index contributed by atoms with van der Waals surface area (Å²) in [4.78, 5) is 23.1. The van der Waals surface area contributed by atoms with Gasteiger partial charge in [-0.1, -0.05) is 11.6 Å². The number of halogens is 2. The summed E-state index contributed by atoms with van der Waals surface area (Å²) in [5.74, 6) is -1.61. The predicted octanol–water partition coefficient (Wildman–Crippen LogP) is 3.27. The molecule has 1 heterocycles. The molecule has 0 saturated carbocycles. The van der Waals surface area contributed by atoms with Gasteiger partial charge in [-0.2, -0.15) is 11.3 Å². The van der Waals surface area contributed by atoms with Crippen molar-refractivity contribution in [2.75, 3.05) is 11.9 Å². The van der Waals surface area contributed by atoms with Crippen molar-refractivity contribution in [1.29, 1.82) is 0 Å². The molecule has 0 radical (unpaired) electrons. The predicted molar refractivity (Wildman–Crippen MR) is 79.0 cm³/mol. The summed E-state index contributed by atoms with van der Waals surface area (Å²) < 4.78 is 17.9. The molecule has 0 spiro atoms. The number of nitrogens with one attached hydrogen (secondary N) is 1. The number of amides is 1. The van der Waals surface area contributed by atoms with Gasteiger partial charge in [0, 0.05) is 0 Å². The smallest absolute Gasteiger partial charge is 0.310 e. The zero-order valence-corrected chi connectivity index (χ0v) is 12.3. The molecule has 0 unspecified atom stereocenters. The largest absolute Gasteiger partial charge is 0.455 e. The first-order valence-corrected chi connectivity index (χ1v) is 7.28. The van der Waals surface area contributed by atoms with Crippen LogP contribution in [-0.4, -0.2) is 18.5 Å². The second-order valence-electron chi connectivity index (χ2n) is 4.14. The molecule has 7 heteroatoms. The maximum absolute atomic E-state index is 13.0. The summed E-state index contributed by atoms with van der Waals surface area (Å²) in [6.07, 6.45) is 0.109. The molecule has 0 aliphatic carbocycles. The number of benzene rings is 1. The Bertz CT molecular complexity index is 646. The number of ether oxygens (including phenoxy) is 1. The molecule has 2 aromatic rings. The molecule has 1 amide bonds. The zero-order chi connectivity index (χ0) is 15.2. The molecule has 110 valence electrons. The molecule has 0 aliphatic heterocycles. The Morgan fingerprint density at radius 2 is 2.14 bits per heavy atom. The van der Waals surface area contributed by atoms with Crippen LogP contribution in [0.3, 0.4) is 0 Å². The van der Waals surface area contributed by atoms with Crippen LogP contribution in [0.4, 0.5) is 10.1 Å². The fraction of sp³-hybridized carbons (Fsp3) is 0.143. The minimum Gasteiger partial charge on any atom is -0.455 e. The quantitative estimate of drug-likeness (QED) is 0.858. The topological polar surface area (TPSA) is 55.4 Å². The third-order valence-corrected chi connectivity index (χ3v) is 3.56. The van der Waals surface area contributed by atoms with Crippen molar-refractivity contribution in [3.8, 4) is 0 Å². The molecule has 0 fully saturated rings. The molecule has 1 aromatic carbocycles. The zero-order valence-electron chi connectivity index (χ0n) is 10.8. The van der Waals surface area contributed by atoms with Crippen LogP contribution in [0, 0.1) is 5.82 Å². The fourth-order valence-electron chi connectivity index (χ4n) is 1.54. The number of hydrogen-bond acceptors (Lipinski definition) is 4. The van der Waals surface area contributed by atoms with Crippen molar-refractivity contribution in [3.63, 3.8) is 0 Å². The van der Waals surface area contributed by atoms with Gasteiger partial charge >= 0.3 is 5.97 Å². The summed E-state index contributed by atoms with van der Waals surface area (Å²) in [5.41, 5.74) is 0.967. The fourth-order valence-corrected chi connectivity index (χ4v) is 2.37. The molecule has 2 rings (SSSR count). The van der Waals surface area contributed by atoms with Crippen LogP contribution in [0.25, 0.3) is 0 Å². The molecule has 1 N–H and O–H groups in total. The van der Waals surface area contributed by atoms with E-state index in [1.54, 1.807) is 6.07 Å². The van der Waals surface area contributed by atoms with Gasteiger partial charge in [-0.05, 0) is 40.6 Å². The number of thiophene rings is 1. The Morgan fingerprint density at radius 1 is 1.33 bits per heavy atom. The van der Waals surface area contributed by atoms with E-state index in [4.69, 9.17) is 16.3 Å². The highest BCUT2D eigenvalue weighted by Crippen LogP contribution is 2.22. The van der Waals surface area contributed by atoms with E-state index in [2.05, 4.69) is 5.32 Å². The van der Waals surface area contributed by atoms with Crippen LogP contribution in [-0.2, 0) is 20.7 Å². The van der Waals surface area contributed by atoms with Gasteiger partial charge in [0.25, 0.3) is 5.91 Å². The number of rotatable bonds is 5. The number of carbonyl (C=O) groups is 2. The van der Waals surface area contributed by atoms with Crippen LogP contribution < -0.4 is 5.32 Å². The summed E-state index contributed by atoms with van der Waals surface area (Å²) in [7, 11) is 0.